The van der Waals surface area contributed by atoms with E-state index in [-0.39, 0.29) is 0 Å². The Morgan fingerprint density at radius 2 is 2.05 bits per heavy atom. The normalized spacial score (nSPS) is 12.5. The van der Waals surface area contributed by atoms with E-state index in [9.17, 15) is 0 Å². The quantitative estimate of drug-likeness (QED) is 0.919. The number of anilines is 2. The molecule has 102 valence electrons. The van der Waals surface area contributed by atoms with E-state index in [1.165, 1.54) is 21.7 Å². The second kappa shape index (κ2) is 5.72. The summed E-state index contributed by atoms with van der Waals surface area (Å²) in [6.07, 6.45) is 1.96. The molecule has 1 N–H and O–H groups in total. The van der Waals surface area contributed by atoms with Gasteiger partial charge in [0, 0.05) is 29.9 Å². The van der Waals surface area contributed by atoms with Crippen molar-refractivity contribution in [1.29, 1.82) is 0 Å². The second-order valence-corrected chi connectivity index (χ2v) is 5.95. The van der Waals surface area contributed by atoms with Gasteiger partial charge in [0.2, 0.25) is 0 Å². The van der Waals surface area contributed by atoms with Crippen LogP contribution in [0, 0.1) is 13.8 Å². The van der Waals surface area contributed by atoms with Crippen LogP contribution in [-0.2, 0) is 0 Å². The van der Waals surface area contributed by atoms with Gasteiger partial charge in [0.05, 0.1) is 0 Å². The summed E-state index contributed by atoms with van der Waals surface area (Å²) >= 11 is 1.73. The van der Waals surface area contributed by atoms with Crippen molar-refractivity contribution in [3.05, 3.63) is 40.4 Å². The van der Waals surface area contributed by atoms with E-state index in [0.29, 0.717) is 6.04 Å². The van der Waals surface area contributed by atoms with Gasteiger partial charge in [-0.15, -0.1) is 0 Å². The van der Waals surface area contributed by atoms with Gasteiger partial charge in [-0.25, -0.2) is 4.98 Å². The van der Waals surface area contributed by atoms with Gasteiger partial charge in [-0.1, -0.05) is 29.0 Å². The number of aryl methyl sites for hydroxylation is 2. The van der Waals surface area contributed by atoms with E-state index >= 15 is 0 Å². The Labute approximate surface area is 119 Å². The van der Waals surface area contributed by atoms with Gasteiger partial charge in [-0.2, -0.15) is 0 Å². The first-order chi connectivity index (χ1) is 9.02. The SMILES string of the molecule is CNC(C)c1cnc(N(C)c2ccc(C)cc2C)s1. The number of hydrogen-bond acceptors (Lipinski definition) is 4. The number of hydrogen-bond donors (Lipinski definition) is 1. The first-order valence-corrected chi connectivity index (χ1v) is 7.28. The van der Waals surface area contributed by atoms with Crippen LogP contribution >= 0.6 is 11.3 Å². The molecule has 0 radical (unpaired) electrons. The molecule has 0 saturated heterocycles. The molecule has 1 atom stereocenters. The molecule has 0 aliphatic carbocycles. The monoisotopic (exact) mass is 275 g/mol. The third-order valence-corrected chi connectivity index (χ3v) is 4.63. The molecule has 0 fully saturated rings. The average molecular weight is 275 g/mol. The highest BCUT2D eigenvalue weighted by Gasteiger charge is 2.13. The number of rotatable bonds is 4. The zero-order valence-corrected chi connectivity index (χ0v) is 13.0. The van der Waals surface area contributed by atoms with Crippen LogP contribution in [0.1, 0.15) is 29.0 Å². The molecule has 2 rings (SSSR count). The van der Waals surface area contributed by atoms with Crippen molar-refractivity contribution < 1.29 is 0 Å². The fourth-order valence-electron chi connectivity index (χ4n) is 2.06. The highest BCUT2D eigenvalue weighted by molar-refractivity contribution is 7.15. The number of aromatic nitrogens is 1. The Bertz CT molecular complexity index is 562. The lowest BCUT2D eigenvalue weighted by Gasteiger charge is -2.18. The van der Waals surface area contributed by atoms with E-state index in [2.05, 4.69) is 61.2 Å². The van der Waals surface area contributed by atoms with Crippen molar-refractivity contribution in [2.75, 3.05) is 19.0 Å². The second-order valence-electron chi connectivity index (χ2n) is 4.90. The van der Waals surface area contributed by atoms with Gasteiger partial charge in [0.25, 0.3) is 0 Å². The smallest absolute Gasteiger partial charge is 0.189 e. The summed E-state index contributed by atoms with van der Waals surface area (Å²) in [5.41, 5.74) is 3.78. The average Bonchev–Trinajstić information content (AvgIpc) is 2.86. The zero-order chi connectivity index (χ0) is 14.0. The van der Waals surface area contributed by atoms with E-state index in [0.717, 1.165) is 5.13 Å². The molecule has 1 heterocycles. The molecule has 1 unspecified atom stereocenters. The molecule has 0 spiro atoms. The molecule has 0 amide bonds. The van der Waals surface area contributed by atoms with Crippen molar-refractivity contribution in [3.8, 4) is 0 Å². The summed E-state index contributed by atoms with van der Waals surface area (Å²) in [5, 5.41) is 4.28. The maximum Gasteiger partial charge on any atom is 0.189 e. The van der Waals surface area contributed by atoms with Gasteiger partial charge >= 0.3 is 0 Å². The highest BCUT2D eigenvalue weighted by atomic mass is 32.1. The van der Waals surface area contributed by atoms with Gasteiger partial charge in [-0.05, 0) is 39.4 Å². The Kier molecular flexibility index (Phi) is 4.22. The predicted octanol–water partition coefficient (Wildman–Crippen LogP) is 3.81. The predicted molar refractivity (Wildman–Crippen MR) is 83.6 cm³/mol. The molecule has 0 saturated carbocycles. The molecule has 1 aromatic heterocycles. The first-order valence-electron chi connectivity index (χ1n) is 6.47. The van der Waals surface area contributed by atoms with Crippen LogP contribution in [0.25, 0.3) is 0 Å². The van der Waals surface area contributed by atoms with Gasteiger partial charge in [0.1, 0.15) is 0 Å². The fraction of sp³-hybridized carbons (Fsp3) is 0.400. The van der Waals surface area contributed by atoms with Crippen molar-refractivity contribution in [2.45, 2.75) is 26.8 Å². The minimum Gasteiger partial charge on any atom is -0.321 e. The number of nitrogens with zero attached hydrogens (tertiary/aromatic N) is 2. The van der Waals surface area contributed by atoms with Crippen LogP contribution in [0.4, 0.5) is 10.8 Å². The number of nitrogens with one attached hydrogen (secondary N) is 1. The lowest BCUT2D eigenvalue weighted by molar-refractivity contribution is 0.662. The summed E-state index contributed by atoms with van der Waals surface area (Å²) in [6, 6.07) is 6.85. The van der Waals surface area contributed by atoms with E-state index < -0.39 is 0 Å². The molecule has 19 heavy (non-hydrogen) atoms. The largest absolute Gasteiger partial charge is 0.321 e. The summed E-state index contributed by atoms with van der Waals surface area (Å²) in [7, 11) is 4.04. The molecule has 1 aromatic carbocycles. The Morgan fingerprint density at radius 3 is 2.68 bits per heavy atom. The maximum atomic E-state index is 4.53. The van der Waals surface area contributed by atoms with E-state index in [1.807, 2.05) is 13.2 Å². The minimum absolute atomic E-state index is 0.346. The maximum absolute atomic E-state index is 4.53. The van der Waals surface area contributed by atoms with Crippen LogP contribution in [-0.4, -0.2) is 19.1 Å². The Balaban J connectivity index is 2.28. The third-order valence-electron chi connectivity index (χ3n) is 3.37. The van der Waals surface area contributed by atoms with Crippen LogP contribution in [0.15, 0.2) is 24.4 Å². The summed E-state index contributed by atoms with van der Waals surface area (Å²) < 4.78 is 0. The molecule has 0 bridgehead atoms. The summed E-state index contributed by atoms with van der Waals surface area (Å²) in [5.74, 6) is 0. The molecule has 0 aliphatic heterocycles. The molecule has 3 nitrogen and oxygen atoms in total. The lowest BCUT2D eigenvalue weighted by Crippen LogP contribution is -2.11. The van der Waals surface area contributed by atoms with Crippen LogP contribution < -0.4 is 10.2 Å². The standard InChI is InChI=1S/C15H21N3S/c1-10-6-7-13(11(2)8-10)18(5)15-17-9-14(19-15)12(3)16-4/h6-9,12,16H,1-5H3. The van der Waals surface area contributed by atoms with Gasteiger partial charge in [-0.3, -0.25) is 0 Å². The molecule has 0 aliphatic rings. The summed E-state index contributed by atoms with van der Waals surface area (Å²) in [6.45, 7) is 6.41. The van der Waals surface area contributed by atoms with E-state index in [4.69, 9.17) is 0 Å². The van der Waals surface area contributed by atoms with E-state index in [1.54, 1.807) is 11.3 Å². The van der Waals surface area contributed by atoms with Crippen molar-refractivity contribution in [1.82, 2.24) is 10.3 Å². The van der Waals surface area contributed by atoms with Gasteiger partial charge in [0.15, 0.2) is 5.13 Å². The molecular weight excluding hydrogens is 254 g/mol. The minimum atomic E-state index is 0.346. The zero-order valence-electron chi connectivity index (χ0n) is 12.2. The molecule has 2 aromatic rings. The topological polar surface area (TPSA) is 28.2 Å². The lowest BCUT2D eigenvalue weighted by atomic mass is 10.1. The highest BCUT2D eigenvalue weighted by Crippen LogP contribution is 2.32. The fourth-order valence-corrected chi connectivity index (χ4v) is 3.01. The van der Waals surface area contributed by atoms with Crippen LogP contribution in [0.5, 0.6) is 0 Å². The van der Waals surface area contributed by atoms with Crippen molar-refractivity contribution in [2.24, 2.45) is 0 Å². The summed E-state index contributed by atoms with van der Waals surface area (Å²) in [4.78, 5) is 7.95. The van der Waals surface area contributed by atoms with Gasteiger partial charge < -0.3 is 10.2 Å². The number of benzene rings is 1. The number of thiazole rings is 1. The Hall–Kier alpha value is -1.39. The van der Waals surface area contributed by atoms with Crippen molar-refractivity contribution in [3.63, 3.8) is 0 Å². The van der Waals surface area contributed by atoms with Crippen LogP contribution in [0.2, 0.25) is 0 Å². The molecular formula is C15H21N3S. The first kappa shape index (κ1) is 14.0. The van der Waals surface area contributed by atoms with Crippen molar-refractivity contribution >= 4 is 22.2 Å². The van der Waals surface area contributed by atoms with Crippen LogP contribution in [0.3, 0.4) is 0 Å². The Morgan fingerprint density at radius 1 is 1.32 bits per heavy atom. The molecule has 4 heteroatoms. The third kappa shape index (κ3) is 2.96.